The topological polar surface area (TPSA) is 217 Å². The number of hydrogen-bond donors (Lipinski definition) is 7. The van der Waals surface area contributed by atoms with Gasteiger partial charge in [0.25, 0.3) is 5.91 Å². The van der Waals surface area contributed by atoms with Crippen molar-refractivity contribution in [2.24, 2.45) is 32.3 Å². The number of nitrogens with zero attached hydrogens (tertiary/aromatic N) is 3. The molecule has 2 rings (SSSR count). The Morgan fingerprint density at radius 2 is 1.12 bits per heavy atom. The molecule has 0 radical (unpaired) electrons. The summed E-state index contributed by atoms with van der Waals surface area (Å²) in [5.74, 6) is -8.43. The molecule has 2 aromatic rings. The number of alkyl halides is 10. The largest absolute Gasteiger partial charge is 0.404 e. The van der Waals surface area contributed by atoms with Crippen LogP contribution in [0.25, 0.3) is 11.1 Å². The second-order valence-corrected chi connectivity index (χ2v) is 15.9. The molecule has 0 spiro atoms. The molecule has 0 unspecified atom stereocenters. The lowest BCUT2D eigenvalue weighted by atomic mass is 9.82. The maximum Gasteiger partial charge on any atom is 0.396 e. The van der Waals surface area contributed by atoms with Gasteiger partial charge in [-0.05, 0) is 62.9 Å². The highest BCUT2D eigenvalue weighted by atomic mass is 19.4. The Balaban J connectivity index is 2.85. The van der Waals surface area contributed by atoms with Crippen LogP contribution in [0.2, 0.25) is 0 Å². The zero-order chi connectivity index (χ0) is 51.4. The number of allylic oxidation sites excluding steroid dienone is 2. The Kier molecular flexibility index (Phi) is 20.0. The van der Waals surface area contributed by atoms with Crippen LogP contribution in [-0.2, 0) is 32.1 Å². The number of carbonyl (C=O) groups is 4. The molecule has 0 saturated heterocycles. The van der Waals surface area contributed by atoms with Crippen LogP contribution in [0.5, 0.6) is 0 Å². The first-order valence-electron chi connectivity index (χ1n) is 19.5. The summed E-state index contributed by atoms with van der Waals surface area (Å²) in [6.45, 7) is -4.89. The number of hydrogen-bond acceptors (Lipinski definition) is 10. The van der Waals surface area contributed by atoms with E-state index in [1.807, 2.05) is 16.1 Å². The molecule has 0 bridgehead atoms. The van der Waals surface area contributed by atoms with Crippen LogP contribution in [0.4, 0.5) is 52.7 Å². The fourth-order valence-electron chi connectivity index (χ4n) is 6.05. The van der Waals surface area contributed by atoms with Gasteiger partial charge in [-0.25, -0.2) is 23.8 Å². The number of amides is 4. The summed E-state index contributed by atoms with van der Waals surface area (Å²) >= 11 is 0. The Morgan fingerprint density at radius 1 is 0.701 bits per heavy atom. The number of nitrogens with one attached hydrogen (secondary N) is 4. The summed E-state index contributed by atoms with van der Waals surface area (Å²) in [6, 6.07) is -0.323. The summed E-state index contributed by atoms with van der Waals surface area (Å²) in [6.07, 6.45) is -10.3. The van der Waals surface area contributed by atoms with Gasteiger partial charge < -0.3 is 32.5 Å². The number of hydrazine groups is 1. The molecule has 0 aromatic heterocycles. The van der Waals surface area contributed by atoms with Crippen molar-refractivity contribution in [3.63, 3.8) is 0 Å². The third-order valence-electron chi connectivity index (χ3n) is 10.2. The van der Waals surface area contributed by atoms with Gasteiger partial charge in [0.05, 0.1) is 23.0 Å². The number of halogens is 12. The van der Waals surface area contributed by atoms with Gasteiger partial charge in [0, 0.05) is 68.5 Å². The van der Waals surface area contributed by atoms with E-state index in [4.69, 9.17) is 11.5 Å². The molecule has 0 fully saturated rings. The molecule has 0 aliphatic heterocycles. The number of aliphatic hydroxyl groups excluding tert-OH is 1. The second-order valence-electron chi connectivity index (χ2n) is 15.9. The Labute approximate surface area is 376 Å². The number of rotatable bonds is 21. The molecular formula is C41H49F12N9O5. The van der Waals surface area contributed by atoms with Crippen molar-refractivity contribution in [1.82, 2.24) is 26.4 Å². The Bertz CT molecular complexity index is 2160. The third-order valence-corrected chi connectivity index (χ3v) is 10.2. The average Bonchev–Trinajstić information content (AvgIpc) is 3.19. The lowest BCUT2D eigenvalue weighted by Crippen LogP contribution is -2.63. The summed E-state index contributed by atoms with van der Waals surface area (Å²) in [5, 5.41) is 18.2. The highest BCUT2D eigenvalue weighted by molar-refractivity contribution is 6.10. The number of benzene rings is 2. The van der Waals surface area contributed by atoms with Gasteiger partial charge in [0.1, 0.15) is 23.7 Å². The maximum absolute atomic E-state index is 15.8. The number of aliphatic imine (C=N–C) groups is 2. The van der Waals surface area contributed by atoms with Crippen molar-refractivity contribution in [2.75, 3.05) is 6.54 Å². The van der Waals surface area contributed by atoms with E-state index in [-0.39, 0.29) is 16.7 Å². The van der Waals surface area contributed by atoms with Crippen LogP contribution in [0.15, 0.2) is 58.8 Å². The van der Waals surface area contributed by atoms with Crippen LogP contribution in [0.1, 0.15) is 63.8 Å². The third kappa shape index (κ3) is 16.0. The van der Waals surface area contributed by atoms with Gasteiger partial charge in [0.15, 0.2) is 0 Å². The van der Waals surface area contributed by atoms with E-state index in [0.717, 1.165) is 26.3 Å². The molecule has 372 valence electrons. The van der Waals surface area contributed by atoms with Crippen molar-refractivity contribution in [3.05, 3.63) is 82.7 Å². The second kappa shape index (κ2) is 23.5. The van der Waals surface area contributed by atoms with Gasteiger partial charge in [0.2, 0.25) is 17.7 Å². The standard InChI is InChI=1S/C41H49F12N9O5/c1-20(63)58-32(38(3,4)40(48,49)50)34(66)60-30(11-22-7-9-23(10-8-22)25(14-54)16-56-36(44)45)31(65)19-62(61-35(67)33(59-21(2)64)39(5,6)41(51,52)53)18-27-28(42)12-24(13-29(27)43)26(15-55)17-57-37(46)47/h7-10,12-17,30-33,36-37,65H,11,18-19,54-55H2,1-6H3,(H,58,63)(H,59,64)(H,60,66)(H,61,67)/t30-,31-,32+,33+/m0/s1. The summed E-state index contributed by atoms with van der Waals surface area (Å²) in [7, 11) is 0. The monoisotopic (exact) mass is 975 g/mol. The quantitative estimate of drug-likeness (QED) is 0.0378. The summed E-state index contributed by atoms with van der Waals surface area (Å²) < 4.78 is 168. The molecule has 0 aliphatic rings. The van der Waals surface area contributed by atoms with E-state index in [2.05, 4.69) is 15.3 Å². The molecule has 14 nitrogen and oxygen atoms in total. The SMILES string of the molecule is CC(=O)N[C@H](C(=O)N[C@@H](Cc1ccc(C(C=NC(F)F)=CN)cc1)[C@@H](O)CN(Cc1c(F)cc(C(C=NC(F)F)=CN)cc1F)NC(=O)[C@@H](NC(C)=O)C(C)(C)C(F)(F)F)C(C)(C)C(F)(F)F. The van der Waals surface area contributed by atoms with Crippen molar-refractivity contribution in [1.29, 1.82) is 0 Å². The minimum atomic E-state index is -5.20. The van der Waals surface area contributed by atoms with E-state index in [1.54, 1.807) is 0 Å². The minimum Gasteiger partial charge on any atom is -0.404 e. The van der Waals surface area contributed by atoms with Crippen LogP contribution in [0.3, 0.4) is 0 Å². The lowest BCUT2D eigenvalue weighted by Gasteiger charge is -2.38. The number of carbonyl (C=O) groups excluding carboxylic acids is 4. The molecule has 67 heavy (non-hydrogen) atoms. The normalized spacial score (nSPS) is 15.3. The number of nitrogens with two attached hydrogens (primary N) is 2. The zero-order valence-corrected chi connectivity index (χ0v) is 36.5. The zero-order valence-electron chi connectivity index (χ0n) is 36.5. The van der Waals surface area contributed by atoms with Crippen molar-refractivity contribution in [2.45, 2.75) is 104 Å². The average molecular weight is 976 g/mol. The van der Waals surface area contributed by atoms with Crippen LogP contribution in [0, 0.1) is 22.5 Å². The highest BCUT2D eigenvalue weighted by Crippen LogP contribution is 2.42. The number of aliphatic hydroxyl groups is 1. The smallest absolute Gasteiger partial charge is 0.396 e. The van der Waals surface area contributed by atoms with Gasteiger partial charge >= 0.3 is 25.5 Å². The van der Waals surface area contributed by atoms with E-state index in [1.165, 1.54) is 24.3 Å². The van der Waals surface area contributed by atoms with E-state index < -0.39 is 132 Å². The fraction of sp³-hybridized carbons (Fsp3) is 0.463. The van der Waals surface area contributed by atoms with Crippen LogP contribution in [-0.4, -0.2) is 102 Å². The molecule has 26 heteroatoms. The van der Waals surface area contributed by atoms with Crippen molar-refractivity contribution >= 4 is 47.2 Å². The predicted octanol–water partition coefficient (Wildman–Crippen LogP) is 5.26. The molecular weight excluding hydrogens is 926 g/mol. The molecule has 0 saturated carbocycles. The Hall–Kier alpha value is -6.18. The Morgan fingerprint density at radius 3 is 1.51 bits per heavy atom. The van der Waals surface area contributed by atoms with Crippen LogP contribution >= 0.6 is 0 Å². The predicted molar refractivity (Wildman–Crippen MR) is 221 cm³/mol. The van der Waals surface area contributed by atoms with Gasteiger partial charge in [-0.1, -0.05) is 24.3 Å². The summed E-state index contributed by atoms with van der Waals surface area (Å²) in [4.78, 5) is 57.4. The molecule has 4 amide bonds. The van der Waals surface area contributed by atoms with E-state index in [9.17, 15) is 68.2 Å². The molecule has 4 atom stereocenters. The van der Waals surface area contributed by atoms with Gasteiger partial charge in [-0.2, -0.15) is 43.9 Å². The van der Waals surface area contributed by atoms with Gasteiger partial charge in [-0.15, -0.1) is 0 Å². The van der Waals surface area contributed by atoms with E-state index >= 15 is 8.78 Å². The first kappa shape index (κ1) is 56.9. The molecule has 2 aromatic carbocycles. The van der Waals surface area contributed by atoms with Crippen LogP contribution < -0.4 is 32.8 Å². The van der Waals surface area contributed by atoms with E-state index in [0.29, 0.717) is 57.3 Å². The molecule has 9 N–H and O–H groups in total. The minimum absolute atomic E-state index is 0.00835. The molecule has 0 heterocycles. The maximum atomic E-state index is 15.8. The van der Waals surface area contributed by atoms with Crippen molar-refractivity contribution in [3.8, 4) is 0 Å². The fourth-order valence-corrected chi connectivity index (χ4v) is 6.05. The van der Waals surface area contributed by atoms with Crippen molar-refractivity contribution < 1.29 is 77.0 Å². The molecule has 0 aliphatic carbocycles. The first-order valence-corrected chi connectivity index (χ1v) is 19.5. The highest BCUT2D eigenvalue weighted by Gasteiger charge is 2.57. The van der Waals surface area contributed by atoms with Gasteiger partial charge in [-0.3, -0.25) is 24.6 Å². The lowest BCUT2D eigenvalue weighted by molar-refractivity contribution is -0.222. The summed E-state index contributed by atoms with van der Waals surface area (Å²) in [5.41, 5.74) is 5.36. The first-order chi connectivity index (χ1) is 30.8.